The fourth-order valence-electron chi connectivity index (χ4n) is 1.48. The topological polar surface area (TPSA) is 36.9 Å². The van der Waals surface area contributed by atoms with Crippen LogP contribution in [0.25, 0.3) is 0 Å². The zero-order valence-electron chi connectivity index (χ0n) is 16.9. The Balaban J connectivity index is 5.79. The van der Waals surface area contributed by atoms with Gasteiger partial charge in [-0.25, -0.2) is 9.47 Å². The predicted octanol–water partition coefficient (Wildman–Crippen LogP) is 6.60. The van der Waals surface area contributed by atoms with E-state index in [1.54, 1.807) is 0 Å². The van der Waals surface area contributed by atoms with Gasteiger partial charge in [-0.2, -0.15) is 52.7 Å². The largest absolute Gasteiger partial charge is 0.453 e. The summed E-state index contributed by atoms with van der Waals surface area (Å²) < 4.78 is 172. The van der Waals surface area contributed by atoms with E-state index in [0.717, 1.165) is 41.5 Å². The van der Waals surface area contributed by atoms with Crippen molar-refractivity contribution in [3.8, 4) is 0 Å². The molecule has 0 saturated heterocycles. The molecule has 16 heteroatoms. The molecule has 0 aliphatic heterocycles. The zero-order valence-corrected chi connectivity index (χ0v) is 16.9. The van der Waals surface area contributed by atoms with Crippen LogP contribution in [-0.2, 0) is 18.9 Å². The van der Waals surface area contributed by atoms with Crippen LogP contribution in [0.5, 0.6) is 0 Å². The second-order valence-corrected chi connectivity index (χ2v) is 7.73. The first kappa shape index (κ1) is 30.0. The average molecular weight is 492 g/mol. The van der Waals surface area contributed by atoms with Crippen LogP contribution in [0.4, 0.5) is 52.7 Å². The summed E-state index contributed by atoms with van der Waals surface area (Å²) in [6.07, 6.45) is -39.4. The number of rotatable bonds is 11. The molecule has 0 bridgehead atoms. The third-order valence-electron chi connectivity index (χ3n) is 3.22. The van der Waals surface area contributed by atoms with Crippen LogP contribution in [0.1, 0.15) is 48.0 Å². The zero-order chi connectivity index (χ0) is 25.5. The molecule has 0 aromatic heterocycles. The minimum atomic E-state index is -6.97. The standard InChI is InChI=1S/C15H20F12O4/c1-7-9(5,6)29-11(18,19)13(22,23)31-15(26,27)14(24,25)30-12(20,21)10(16,17)28-8(2,3)4/h7H2,1-6H3. The Bertz CT molecular complexity index is 614. The number of halogens is 12. The molecular weight excluding hydrogens is 472 g/mol. The van der Waals surface area contributed by atoms with Crippen molar-refractivity contribution in [2.45, 2.75) is 95.8 Å². The van der Waals surface area contributed by atoms with Crippen molar-refractivity contribution >= 4 is 0 Å². The number of hydrogen-bond donors (Lipinski definition) is 0. The number of hydrogen-bond acceptors (Lipinski definition) is 4. The van der Waals surface area contributed by atoms with Gasteiger partial charge in [-0.1, -0.05) is 6.92 Å². The van der Waals surface area contributed by atoms with Gasteiger partial charge in [0, 0.05) is 0 Å². The lowest BCUT2D eigenvalue weighted by Gasteiger charge is -2.37. The molecule has 0 amide bonds. The van der Waals surface area contributed by atoms with Crippen LogP contribution in [0, 0.1) is 0 Å². The Labute approximate surface area is 168 Å². The lowest BCUT2D eigenvalue weighted by molar-refractivity contribution is -0.568. The number of ether oxygens (including phenoxy) is 4. The molecule has 0 aromatic rings. The fourth-order valence-corrected chi connectivity index (χ4v) is 1.48. The lowest BCUT2D eigenvalue weighted by atomic mass is 10.1. The van der Waals surface area contributed by atoms with Crippen molar-refractivity contribution in [2.75, 3.05) is 0 Å². The van der Waals surface area contributed by atoms with Crippen LogP contribution in [0.2, 0.25) is 0 Å². The van der Waals surface area contributed by atoms with Gasteiger partial charge < -0.3 is 9.47 Å². The highest BCUT2D eigenvalue weighted by atomic mass is 19.4. The van der Waals surface area contributed by atoms with Crippen LogP contribution in [0.3, 0.4) is 0 Å². The van der Waals surface area contributed by atoms with Crippen molar-refractivity contribution < 1.29 is 71.6 Å². The van der Waals surface area contributed by atoms with Gasteiger partial charge in [0.05, 0.1) is 11.2 Å². The third-order valence-corrected chi connectivity index (χ3v) is 3.22. The Hall–Kier alpha value is -1.00. The van der Waals surface area contributed by atoms with Crippen molar-refractivity contribution in [1.82, 2.24) is 0 Å². The molecule has 0 saturated carbocycles. The van der Waals surface area contributed by atoms with Gasteiger partial charge in [-0.15, -0.1) is 0 Å². The van der Waals surface area contributed by atoms with Crippen molar-refractivity contribution in [3.63, 3.8) is 0 Å². The Kier molecular flexibility index (Phi) is 8.14. The van der Waals surface area contributed by atoms with E-state index in [1.165, 1.54) is 0 Å². The van der Waals surface area contributed by atoms with Gasteiger partial charge in [-0.05, 0) is 41.0 Å². The SMILES string of the molecule is CCC(C)(C)OC(F)(F)C(F)(F)OC(F)(F)C(F)(F)OC(F)(F)C(F)(F)OC(C)(C)C. The minimum Gasteiger partial charge on any atom is -0.308 e. The highest BCUT2D eigenvalue weighted by Crippen LogP contribution is 2.50. The summed E-state index contributed by atoms with van der Waals surface area (Å²) in [4.78, 5) is 0. The lowest BCUT2D eigenvalue weighted by Crippen LogP contribution is -2.60. The smallest absolute Gasteiger partial charge is 0.308 e. The molecule has 0 aliphatic rings. The monoisotopic (exact) mass is 492 g/mol. The van der Waals surface area contributed by atoms with Crippen LogP contribution < -0.4 is 0 Å². The average Bonchev–Trinajstić information content (AvgIpc) is 2.40. The van der Waals surface area contributed by atoms with Crippen LogP contribution >= 0.6 is 0 Å². The fraction of sp³-hybridized carbons (Fsp3) is 1.00. The molecule has 0 unspecified atom stereocenters. The Morgan fingerprint density at radius 3 is 0.871 bits per heavy atom. The molecule has 0 aromatic carbocycles. The normalized spacial score (nSPS) is 16.1. The van der Waals surface area contributed by atoms with Gasteiger partial charge in [0.25, 0.3) is 0 Å². The van der Waals surface area contributed by atoms with Crippen molar-refractivity contribution in [2.24, 2.45) is 0 Å². The van der Waals surface area contributed by atoms with Crippen molar-refractivity contribution in [3.05, 3.63) is 0 Å². The summed E-state index contributed by atoms with van der Waals surface area (Å²) >= 11 is 0. The second-order valence-electron chi connectivity index (χ2n) is 7.73. The molecule has 0 atom stereocenters. The minimum absolute atomic E-state index is 0.399. The predicted molar refractivity (Wildman–Crippen MR) is 78.1 cm³/mol. The molecule has 0 radical (unpaired) electrons. The van der Waals surface area contributed by atoms with E-state index in [0.29, 0.717) is 0 Å². The Morgan fingerprint density at radius 2 is 0.645 bits per heavy atom. The molecular formula is C15H20F12O4. The molecule has 4 nitrogen and oxygen atoms in total. The highest BCUT2D eigenvalue weighted by molar-refractivity contribution is 4.81. The third kappa shape index (κ3) is 7.53. The second kappa shape index (κ2) is 8.41. The quantitative estimate of drug-likeness (QED) is 0.305. The van der Waals surface area contributed by atoms with E-state index in [1.807, 2.05) is 4.74 Å². The summed E-state index contributed by atoms with van der Waals surface area (Å²) in [7, 11) is 0. The van der Waals surface area contributed by atoms with Gasteiger partial charge in [-0.3, -0.25) is 0 Å². The first-order valence-corrected chi connectivity index (χ1v) is 8.21. The Morgan fingerprint density at radius 1 is 0.419 bits per heavy atom. The van der Waals surface area contributed by atoms with Gasteiger partial charge >= 0.3 is 36.7 Å². The van der Waals surface area contributed by atoms with E-state index < -0.39 is 54.3 Å². The molecule has 0 aliphatic carbocycles. The molecule has 0 fully saturated rings. The van der Waals surface area contributed by atoms with Crippen LogP contribution in [-0.4, -0.2) is 47.9 Å². The summed E-state index contributed by atoms with van der Waals surface area (Å²) in [5.74, 6) is 0. The maximum Gasteiger partial charge on any atom is 0.453 e. The first-order chi connectivity index (χ1) is 13.1. The van der Waals surface area contributed by atoms with Gasteiger partial charge in [0.2, 0.25) is 0 Å². The summed E-state index contributed by atoms with van der Waals surface area (Å²) in [5, 5.41) is 0. The molecule has 0 N–H and O–H groups in total. The summed E-state index contributed by atoms with van der Waals surface area (Å²) in [6, 6.07) is 0. The van der Waals surface area contributed by atoms with Gasteiger partial charge in [0.15, 0.2) is 0 Å². The van der Waals surface area contributed by atoms with Gasteiger partial charge in [0.1, 0.15) is 0 Å². The molecule has 188 valence electrons. The summed E-state index contributed by atoms with van der Waals surface area (Å²) in [6.45, 7) is 4.97. The summed E-state index contributed by atoms with van der Waals surface area (Å²) in [5.41, 5.74) is -4.26. The maximum absolute atomic E-state index is 13.5. The van der Waals surface area contributed by atoms with Crippen LogP contribution in [0.15, 0.2) is 0 Å². The molecule has 0 rings (SSSR count). The van der Waals surface area contributed by atoms with E-state index >= 15 is 0 Å². The highest BCUT2D eigenvalue weighted by Gasteiger charge is 2.76. The van der Waals surface area contributed by atoms with E-state index in [2.05, 4.69) is 14.2 Å². The molecule has 31 heavy (non-hydrogen) atoms. The van der Waals surface area contributed by atoms with E-state index in [9.17, 15) is 52.7 Å². The number of alkyl halides is 12. The van der Waals surface area contributed by atoms with Crippen molar-refractivity contribution in [1.29, 1.82) is 0 Å². The maximum atomic E-state index is 13.5. The first-order valence-electron chi connectivity index (χ1n) is 8.21. The van der Waals surface area contributed by atoms with E-state index in [-0.39, 0.29) is 0 Å². The van der Waals surface area contributed by atoms with E-state index in [4.69, 9.17) is 0 Å². The molecule has 0 spiro atoms. The molecule has 0 heterocycles.